The van der Waals surface area contributed by atoms with Gasteiger partial charge in [-0.1, -0.05) is 54.6 Å². The van der Waals surface area contributed by atoms with Crippen LogP contribution in [0.5, 0.6) is 0 Å². The Morgan fingerprint density at radius 3 is 2.52 bits per heavy atom. The molecule has 1 aliphatic heterocycles. The first-order valence-electron chi connectivity index (χ1n) is 16.2. The van der Waals surface area contributed by atoms with E-state index in [1.807, 2.05) is 68.1 Å². The van der Waals surface area contributed by atoms with Gasteiger partial charge in [-0.25, -0.2) is 14.2 Å². The van der Waals surface area contributed by atoms with Crippen molar-refractivity contribution in [2.75, 3.05) is 26.8 Å². The summed E-state index contributed by atoms with van der Waals surface area (Å²) in [5.74, 6) is 0.815. The highest BCUT2D eigenvalue weighted by atomic mass is 19.1. The number of piperidine rings is 1. The van der Waals surface area contributed by atoms with E-state index in [0.717, 1.165) is 53.8 Å². The fourth-order valence-corrected chi connectivity index (χ4v) is 6.21. The highest BCUT2D eigenvalue weighted by molar-refractivity contribution is 5.79. The highest BCUT2D eigenvalue weighted by Gasteiger charge is 2.30. The van der Waals surface area contributed by atoms with Crippen molar-refractivity contribution in [1.29, 1.82) is 0 Å². The van der Waals surface area contributed by atoms with Crippen molar-refractivity contribution in [3.8, 4) is 11.1 Å². The fraction of sp³-hybridized carbons (Fsp3) is 0.432. The number of amides is 2. The Bertz CT molecular complexity index is 1630. The van der Waals surface area contributed by atoms with Crippen LogP contribution in [0.25, 0.3) is 22.2 Å². The molecule has 1 aliphatic rings. The molecule has 46 heavy (non-hydrogen) atoms. The molecule has 8 nitrogen and oxygen atoms in total. The van der Waals surface area contributed by atoms with E-state index in [1.165, 1.54) is 6.07 Å². The Kier molecular flexibility index (Phi) is 10.7. The van der Waals surface area contributed by atoms with E-state index >= 15 is 0 Å². The van der Waals surface area contributed by atoms with Crippen LogP contribution in [-0.2, 0) is 27.2 Å². The maximum absolute atomic E-state index is 14.4. The van der Waals surface area contributed by atoms with Gasteiger partial charge in [0.15, 0.2) is 0 Å². The number of carbonyl (C=O) groups is 2. The predicted molar refractivity (Wildman–Crippen MR) is 178 cm³/mol. The number of methoxy groups -OCH3 is 1. The minimum absolute atomic E-state index is 0.0178. The number of imidazole rings is 1. The normalized spacial score (nSPS) is 15.9. The van der Waals surface area contributed by atoms with Gasteiger partial charge < -0.3 is 24.3 Å². The van der Waals surface area contributed by atoms with Gasteiger partial charge in [-0.15, -0.1) is 0 Å². The van der Waals surface area contributed by atoms with E-state index in [4.69, 9.17) is 14.5 Å². The van der Waals surface area contributed by atoms with Crippen LogP contribution in [0.3, 0.4) is 0 Å². The zero-order valence-electron chi connectivity index (χ0n) is 27.3. The van der Waals surface area contributed by atoms with E-state index in [9.17, 15) is 14.0 Å². The number of halogens is 1. The molecule has 1 aromatic heterocycles. The molecule has 244 valence electrons. The molecule has 0 bridgehead atoms. The van der Waals surface area contributed by atoms with Crippen molar-refractivity contribution in [2.45, 2.75) is 77.0 Å². The number of para-hydroxylation sites is 2. The lowest BCUT2D eigenvalue weighted by Crippen LogP contribution is -2.46. The molecule has 0 unspecified atom stereocenters. The van der Waals surface area contributed by atoms with Crippen molar-refractivity contribution < 1.29 is 23.5 Å². The molecular formula is C37H45FN4O4. The first-order valence-corrected chi connectivity index (χ1v) is 16.2. The van der Waals surface area contributed by atoms with Crippen molar-refractivity contribution >= 4 is 23.0 Å². The van der Waals surface area contributed by atoms with Gasteiger partial charge in [-0.3, -0.25) is 4.79 Å². The number of alkyl carbamates (subject to hydrolysis) is 1. The Morgan fingerprint density at radius 1 is 1.04 bits per heavy atom. The summed E-state index contributed by atoms with van der Waals surface area (Å²) in [5.41, 5.74) is 3.60. The van der Waals surface area contributed by atoms with Crippen molar-refractivity contribution in [3.05, 3.63) is 90.0 Å². The summed E-state index contributed by atoms with van der Waals surface area (Å²) in [6.07, 6.45) is 2.69. The number of benzene rings is 3. The molecule has 2 heterocycles. The summed E-state index contributed by atoms with van der Waals surface area (Å²) in [6.45, 7) is 8.13. The van der Waals surface area contributed by atoms with Crippen LogP contribution in [0.2, 0.25) is 0 Å². The summed E-state index contributed by atoms with van der Waals surface area (Å²) in [7, 11) is 1.71. The number of nitrogens with one attached hydrogen (secondary N) is 1. The van der Waals surface area contributed by atoms with Crippen LogP contribution in [-0.4, -0.2) is 64.9 Å². The second-order valence-corrected chi connectivity index (χ2v) is 13.1. The summed E-state index contributed by atoms with van der Waals surface area (Å²) < 4.78 is 27.5. The second kappa shape index (κ2) is 14.9. The van der Waals surface area contributed by atoms with Gasteiger partial charge in [0.2, 0.25) is 5.91 Å². The van der Waals surface area contributed by atoms with Gasteiger partial charge in [0.1, 0.15) is 17.2 Å². The van der Waals surface area contributed by atoms with Gasteiger partial charge in [-0.2, -0.15) is 0 Å². The van der Waals surface area contributed by atoms with Crippen LogP contribution < -0.4 is 5.32 Å². The number of ether oxygens (including phenoxy) is 2. The molecule has 2 amide bonds. The highest BCUT2D eigenvalue weighted by Crippen LogP contribution is 2.30. The molecule has 5 rings (SSSR count). The number of hydrogen-bond acceptors (Lipinski definition) is 5. The van der Waals surface area contributed by atoms with Gasteiger partial charge in [0.25, 0.3) is 0 Å². The minimum Gasteiger partial charge on any atom is -0.444 e. The number of aromatic nitrogens is 2. The Balaban J connectivity index is 1.31. The number of fused-ring (bicyclic) bond motifs is 1. The lowest BCUT2D eigenvalue weighted by molar-refractivity contribution is -0.132. The van der Waals surface area contributed by atoms with Crippen molar-refractivity contribution in [2.24, 2.45) is 0 Å². The smallest absolute Gasteiger partial charge is 0.407 e. The quantitative estimate of drug-likeness (QED) is 0.179. The summed E-state index contributed by atoms with van der Waals surface area (Å²) in [5, 5.41) is 2.95. The summed E-state index contributed by atoms with van der Waals surface area (Å²) in [4.78, 5) is 33.6. The number of rotatable bonds is 11. The molecule has 3 aromatic carbocycles. The summed E-state index contributed by atoms with van der Waals surface area (Å²) in [6, 6.07) is 21.9. The summed E-state index contributed by atoms with van der Waals surface area (Å²) >= 11 is 0. The molecule has 0 spiro atoms. The number of hydrogen-bond donors (Lipinski definition) is 1. The maximum Gasteiger partial charge on any atom is 0.407 e. The molecule has 4 aromatic rings. The lowest BCUT2D eigenvalue weighted by Gasteiger charge is -2.34. The van der Waals surface area contributed by atoms with Gasteiger partial charge in [0, 0.05) is 57.3 Å². The van der Waals surface area contributed by atoms with E-state index < -0.39 is 17.7 Å². The van der Waals surface area contributed by atoms with Crippen LogP contribution >= 0.6 is 0 Å². The molecule has 2 atom stereocenters. The van der Waals surface area contributed by atoms with Crippen LogP contribution in [0.4, 0.5) is 9.18 Å². The van der Waals surface area contributed by atoms with Gasteiger partial charge in [0.05, 0.1) is 11.0 Å². The average Bonchev–Trinajstić information content (AvgIpc) is 3.39. The molecule has 1 fully saturated rings. The number of likely N-dealkylation sites (tertiary alicyclic amines) is 1. The third kappa shape index (κ3) is 8.51. The van der Waals surface area contributed by atoms with Gasteiger partial charge in [-0.05, 0) is 75.8 Å². The topological polar surface area (TPSA) is 85.7 Å². The van der Waals surface area contributed by atoms with E-state index in [0.29, 0.717) is 31.7 Å². The molecule has 1 N–H and O–H groups in total. The standard InChI is InChI=1S/C37H45FN4O4/c1-37(2,3)46-36(44)39-29(23-26-16-18-27(19-17-26)30-12-5-6-13-31(30)38)24-34(43)41-20-9-11-28(25-41)35-40-32-14-7-8-15-33(32)42(35)21-10-22-45-4/h5-8,12-19,28-29H,9-11,20-25H2,1-4H3,(H,39,44)/t28-,29-/m1/s1. The Hall–Kier alpha value is -4.24. The maximum atomic E-state index is 14.4. The number of aryl methyl sites for hydroxylation is 1. The molecule has 0 radical (unpaired) electrons. The third-order valence-electron chi connectivity index (χ3n) is 8.32. The van der Waals surface area contributed by atoms with Crippen LogP contribution in [0, 0.1) is 5.82 Å². The fourth-order valence-electron chi connectivity index (χ4n) is 6.21. The monoisotopic (exact) mass is 628 g/mol. The molecular weight excluding hydrogens is 583 g/mol. The zero-order valence-corrected chi connectivity index (χ0v) is 27.3. The second-order valence-electron chi connectivity index (χ2n) is 13.1. The van der Waals surface area contributed by atoms with Crippen molar-refractivity contribution in [3.63, 3.8) is 0 Å². The molecule has 0 aliphatic carbocycles. The predicted octanol–water partition coefficient (Wildman–Crippen LogP) is 7.11. The first-order chi connectivity index (χ1) is 22.1. The van der Waals surface area contributed by atoms with E-state index in [2.05, 4.69) is 16.0 Å². The molecule has 0 saturated carbocycles. The van der Waals surface area contributed by atoms with E-state index in [-0.39, 0.29) is 24.1 Å². The SMILES string of the molecule is COCCCn1c([C@@H]2CCCN(C(=O)C[C@@H](Cc3ccc(-c4ccccc4F)cc3)NC(=O)OC(C)(C)C)C2)nc2ccccc21. The Morgan fingerprint density at radius 2 is 1.78 bits per heavy atom. The average molecular weight is 629 g/mol. The largest absolute Gasteiger partial charge is 0.444 e. The van der Waals surface area contributed by atoms with E-state index in [1.54, 1.807) is 25.3 Å². The Labute approximate surface area is 270 Å². The third-order valence-corrected chi connectivity index (χ3v) is 8.32. The lowest BCUT2D eigenvalue weighted by atomic mass is 9.95. The first kappa shape index (κ1) is 33.1. The van der Waals surface area contributed by atoms with Gasteiger partial charge >= 0.3 is 6.09 Å². The molecule has 1 saturated heterocycles. The molecule has 9 heteroatoms. The van der Waals surface area contributed by atoms with Crippen LogP contribution in [0.15, 0.2) is 72.8 Å². The number of carbonyl (C=O) groups excluding carboxylic acids is 2. The van der Waals surface area contributed by atoms with Crippen molar-refractivity contribution in [1.82, 2.24) is 19.8 Å². The minimum atomic E-state index is -0.672. The zero-order chi connectivity index (χ0) is 32.7. The van der Waals surface area contributed by atoms with Crippen LogP contribution in [0.1, 0.15) is 63.8 Å². The number of nitrogens with zero attached hydrogens (tertiary/aromatic N) is 3.